The fourth-order valence-corrected chi connectivity index (χ4v) is 2.38. The average molecular weight is 273 g/mol. The van der Waals surface area contributed by atoms with Gasteiger partial charge in [-0.25, -0.2) is 9.37 Å². The first-order valence-electron chi connectivity index (χ1n) is 3.83. The highest BCUT2D eigenvalue weighted by atomic mass is 79.9. The van der Waals surface area contributed by atoms with Crippen molar-refractivity contribution in [3.63, 3.8) is 0 Å². The SMILES string of the molecule is Nc1csc(-c2cc(F)ccc2Br)n1. The van der Waals surface area contributed by atoms with E-state index in [2.05, 4.69) is 20.9 Å². The number of hydrogen-bond acceptors (Lipinski definition) is 3. The molecule has 5 heteroatoms. The number of nitrogen functional groups attached to an aromatic ring is 1. The maximum atomic E-state index is 13.0. The highest BCUT2D eigenvalue weighted by Crippen LogP contribution is 2.31. The largest absolute Gasteiger partial charge is 0.383 e. The molecule has 0 saturated heterocycles. The first-order chi connectivity index (χ1) is 6.66. The number of anilines is 1. The molecule has 0 fully saturated rings. The number of nitrogens with two attached hydrogens (primary N) is 1. The van der Waals surface area contributed by atoms with Gasteiger partial charge in [0.2, 0.25) is 0 Å². The summed E-state index contributed by atoms with van der Waals surface area (Å²) in [6.45, 7) is 0. The number of benzene rings is 1. The molecular weight excluding hydrogens is 267 g/mol. The minimum absolute atomic E-state index is 0.281. The lowest BCUT2D eigenvalue weighted by Gasteiger charge is -1.99. The maximum Gasteiger partial charge on any atom is 0.135 e. The van der Waals surface area contributed by atoms with Crippen LogP contribution in [-0.4, -0.2) is 4.98 Å². The maximum absolute atomic E-state index is 13.0. The molecule has 72 valence electrons. The van der Waals surface area contributed by atoms with Crippen LogP contribution in [0.25, 0.3) is 10.6 Å². The summed E-state index contributed by atoms with van der Waals surface area (Å²) >= 11 is 4.73. The molecule has 0 unspecified atom stereocenters. The van der Waals surface area contributed by atoms with Gasteiger partial charge in [-0.05, 0) is 18.2 Å². The third kappa shape index (κ3) is 1.78. The normalized spacial score (nSPS) is 10.4. The van der Waals surface area contributed by atoms with Crippen molar-refractivity contribution in [2.75, 3.05) is 5.73 Å². The molecule has 0 bridgehead atoms. The number of halogens is 2. The predicted molar refractivity (Wildman–Crippen MR) is 59.6 cm³/mol. The molecule has 0 radical (unpaired) electrons. The van der Waals surface area contributed by atoms with Crippen LogP contribution >= 0.6 is 27.3 Å². The standard InChI is InChI=1S/C9H6BrFN2S/c10-7-2-1-5(11)3-6(7)9-13-8(12)4-14-9/h1-4H,12H2. The molecule has 0 aliphatic carbocycles. The van der Waals surface area contributed by atoms with Gasteiger partial charge in [-0.15, -0.1) is 11.3 Å². The summed E-state index contributed by atoms with van der Waals surface area (Å²) in [7, 11) is 0. The van der Waals surface area contributed by atoms with E-state index < -0.39 is 0 Å². The Kier molecular flexibility index (Phi) is 2.52. The van der Waals surface area contributed by atoms with Crippen LogP contribution in [0.3, 0.4) is 0 Å². The summed E-state index contributed by atoms with van der Waals surface area (Å²) in [5.41, 5.74) is 6.22. The van der Waals surface area contributed by atoms with Gasteiger partial charge in [0.05, 0.1) is 0 Å². The van der Waals surface area contributed by atoms with Gasteiger partial charge in [0.1, 0.15) is 16.6 Å². The van der Waals surface area contributed by atoms with Crippen LogP contribution < -0.4 is 5.73 Å². The minimum Gasteiger partial charge on any atom is -0.383 e. The summed E-state index contributed by atoms with van der Waals surface area (Å²) < 4.78 is 13.8. The van der Waals surface area contributed by atoms with Crippen molar-refractivity contribution in [1.29, 1.82) is 0 Å². The molecule has 1 aromatic carbocycles. The first-order valence-corrected chi connectivity index (χ1v) is 5.50. The molecule has 0 aliphatic heterocycles. The summed E-state index contributed by atoms with van der Waals surface area (Å²) in [4.78, 5) is 4.08. The Morgan fingerprint density at radius 2 is 2.21 bits per heavy atom. The zero-order valence-corrected chi connectivity index (χ0v) is 9.40. The van der Waals surface area contributed by atoms with Crippen LogP contribution in [0.1, 0.15) is 0 Å². The van der Waals surface area contributed by atoms with Crippen molar-refractivity contribution in [3.05, 3.63) is 33.9 Å². The minimum atomic E-state index is -0.281. The zero-order chi connectivity index (χ0) is 10.1. The predicted octanol–water partition coefficient (Wildman–Crippen LogP) is 3.29. The number of nitrogens with zero attached hydrogens (tertiary/aromatic N) is 1. The molecule has 2 aromatic rings. The second kappa shape index (κ2) is 3.67. The average Bonchev–Trinajstić information content (AvgIpc) is 2.56. The number of rotatable bonds is 1. The Morgan fingerprint density at radius 3 is 2.86 bits per heavy atom. The van der Waals surface area contributed by atoms with Gasteiger partial charge in [0, 0.05) is 15.4 Å². The molecule has 0 atom stereocenters. The van der Waals surface area contributed by atoms with Crippen molar-refractivity contribution in [2.24, 2.45) is 0 Å². The third-order valence-corrected chi connectivity index (χ3v) is 3.27. The van der Waals surface area contributed by atoms with E-state index in [1.54, 1.807) is 11.4 Å². The number of thiazole rings is 1. The highest BCUT2D eigenvalue weighted by Gasteiger charge is 2.08. The molecule has 2 N–H and O–H groups in total. The van der Waals surface area contributed by atoms with E-state index in [1.807, 2.05) is 0 Å². The van der Waals surface area contributed by atoms with Crippen LogP contribution in [0.2, 0.25) is 0 Å². The number of aromatic nitrogens is 1. The van der Waals surface area contributed by atoms with Crippen molar-refractivity contribution in [3.8, 4) is 10.6 Å². The van der Waals surface area contributed by atoms with E-state index in [0.717, 1.165) is 10.0 Å². The van der Waals surface area contributed by atoms with Crippen molar-refractivity contribution in [2.45, 2.75) is 0 Å². The van der Waals surface area contributed by atoms with E-state index in [4.69, 9.17) is 5.73 Å². The van der Waals surface area contributed by atoms with E-state index in [0.29, 0.717) is 10.8 Å². The van der Waals surface area contributed by atoms with Crippen molar-refractivity contribution < 1.29 is 4.39 Å². The van der Waals surface area contributed by atoms with Gasteiger partial charge in [0.25, 0.3) is 0 Å². The van der Waals surface area contributed by atoms with Crippen LogP contribution in [0.5, 0.6) is 0 Å². The topological polar surface area (TPSA) is 38.9 Å². The second-order valence-electron chi connectivity index (χ2n) is 2.70. The fourth-order valence-electron chi connectivity index (χ4n) is 1.07. The Hall–Kier alpha value is -0.940. The van der Waals surface area contributed by atoms with Crippen LogP contribution in [0.4, 0.5) is 10.2 Å². The zero-order valence-electron chi connectivity index (χ0n) is 7.00. The van der Waals surface area contributed by atoms with Gasteiger partial charge in [-0.3, -0.25) is 0 Å². The second-order valence-corrected chi connectivity index (χ2v) is 4.41. The van der Waals surface area contributed by atoms with E-state index in [1.165, 1.54) is 23.5 Å². The molecule has 0 aliphatic rings. The van der Waals surface area contributed by atoms with E-state index >= 15 is 0 Å². The Morgan fingerprint density at radius 1 is 1.43 bits per heavy atom. The lowest BCUT2D eigenvalue weighted by atomic mass is 10.2. The molecule has 2 nitrogen and oxygen atoms in total. The van der Waals surface area contributed by atoms with Gasteiger partial charge in [-0.1, -0.05) is 15.9 Å². The summed E-state index contributed by atoms with van der Waals surface area (Å²) in [5.74, 6) is 0.179. The van der Waals surface area contributed by atoms with Crippen LogP contribution in [0, 0.1) is 5.82 Å². The van der Waals surface area contributed by atoms with Gasteiger partial charge >= 0.3 is 0 Å². The monoisotopic (exact) mass is 272 g/mol. The smallest absolute Gasteiger partial charge is 0.135 e. The van der Waals surface area contributed by atoms with Gasteiger partial charge < -0.3 is 5.73 Å². The fraction of sp³-hybridized carbons (Fsp3) is 0. The lowest BCUT2D eigenvalue weighted by molar-refractivity contribution is 0.628. The Balaban J connectivity index is 2.55. The summed E-state index contributed by atoms with van der Waals surface area (Å²) in [6, 6.07) is 4.48. The molecule has 0 saturated carbocycles. The van der Waals surface area contributed by atoms with E-state index in [-0.39, 0.29) is 5.82 Å². The molecule has 2 rings (SSSR count). The third-order valence-electron chi connectivity index (χ3n) is 1.68. The summed E-state index contributed by atoms with van der Waals surface area (Å²) in [5, 5.41) is 2.45. The Bertz CT molecular complexity index is 470. The van der Waals surface area contributed by atoms with E-state index in [9.17, 15) is 4.39 Å². The van der Waals surface area contributed by atoms with Crippen molar-refractivity contribution >= 4 is 33.1 Å². The molecule has 0 amide bonds. The quantitative estimate of drug-likeness (QED) is 0.865. The number of hydrogen-bond donors (Lipinski definition) is 1. The lowest BCUT2D eigenvalue weighted by Crippen LogP contribution is -1.85. The van der Waals surface area contributed by atoms with Gasteiger partial charge in [-0.2, -0.15) is 0 Å². The Labute approximate surface area is 92.7 Å². The van der Waals surface area contributed by atoms with Crippen molar-refractivity contribution in [1.82, 2.24) is 4.98 Å². The highest BCUT2D eigenvalue weighted by molar-refractivity contribution is 9.10. The van der Waals surface area contributed by atoms with Crippen LogP contribution in [-0.2, 0) is 0 Å². The molecule has 14 heavy (non-hydrogen) atoms. The molecule has 1 aromatic heterocycles. The first kappa shape index (κ1) is 9.61. The summed E-state index contributed by atoms with van der Waals surface area (Å²) in [6.07, 6.45) is 0. The molecular formula is C9H6BrFN2S. The van der Waals surface area contributed by atoms with Crippen LogP contribution in [0.15, 0.2) is 28.1 Å². The van der Waals surface area contributed by atoms with Gasteiger partial charge in [0.15, 0.2) is 0 Å². The molecule has 1 heterocycles. The molecule has 0 spiro atoms.